The summed E-state index contributed by atoms with van der Waals surface area (Å²) in [4.78, 5) is 23.7. The average Bonchev–Trinajstić information content (AvgIpc) is 2.53. The summed E-state index contributed by atoms with van der Waals surface area (Å²) in [6.07, 6.45) is 2.05. The van der Waals surface area contributed by atoms with Crippen molar-refractivity contribution in [2.75, 3.05) is 34.0 Å². The molecule has 2 fully saturated rings. The lowest BCUT2D eigenvalue weighted by atomic mass is 9.72. The van der Waals surface area contributed by atoms with Gasteiger partial charge in [0.25, 0.3) is 0 Å². The fraction of sp³-hybridized carbons (Fsp3) is 0.857. The standard InChI is InChI=1S/C14H22O6/c1-17-13(15)10-4-3-9(7-11(10)14(16)18-2)12-8-19-5-6-20-12/h9-12H,3-8H2,1-2H3. The molecule has 0 aromatic rings. The molecule has 20 heavy (non-hydrogen) atoms. The van der Waals surface area contributed by atoms with Crippen LogP contribution in [0.3, 0.4) is 0 Å². The lowest BCUT2D eigenvalue weighted by Crippen LogP contribution is -2.43. The van der Waals surface area contributed by atoms with E-state index in [2.05, 4.69) is 0 Å². The van der Waals surface area contributed by atoms with Crippen LogP contribution in [-0.4, -0.2) is 52.1 Å². The van der Waals surface area contributed by atoms with Gasteiger partial charge in [0, 0.05) is 0 Å². The Kier molecular flexibility index (Phi) is 5.37. The molecule has 0 bridgehead atoms. The van der Waals surface area contributed by atoms with Gasteiger partial charge in [0.2, 0.25) is 0 Å². The number of methoxy groups -OCH3 is 2. The number of ether oxygens (including phenoxy) is 4. The van der Waals surface area contributed by atoms with Gasteiger partial charge in [-0.2, -0.15) is 0 Å². The number of hydrogen-bond acceptors (Lipinski definition) is 6. The summed E-state index contributed by atoms with van der Waals surface area (Å²) < 4.78 is 20.8. The van der Waals surface area contributed by atoms with Crippen LogP contribution in [0.2, 0.25) is 0 Å². The maximum absolute atomic E-state index is 11.9. The first-order chi connectivity index (χ1) is 9.67. The molecule has 1 aliphatic carbocycles. The number of carbonyl (C=O) groups excluding carboxylic acids is 2. The number of carbonyl (C=O) groups is 2. The summed E-state index contributed by atoms with van der Waals surface area (Å²) >= 11 is 0. The van der Waals surface area contributed by atoms with Crippen molar-refractivity contribution in [1.82, 2.24) is 0 Å². The van der Waals surface area contributed by atoms with Crippen molar-refractivity contribution in [3.05, 3.63) is 0 Å². The fourth-order valence-corrected chi connectivity index (χ4v) is 3.16. The van der Waals surface area contributed by atoms with Crippen molar-refractivity contribution in [3.63, 3.8) is 0 Å². The van der Waals surface area contributed by atoms with Gasteiger partial charge in [0.05, 0.1) is 52.0 Å². The van der Waals surface area contributed by atoms with Gasteiger partial charge in [-0.3, -0.25) is 9.59 Å². The van der Waals surface area contributed by atoms with Crippen molar-refractivity contribution in [1.29, 1.82) is 0 Å². The molecule has 1 heterocycles. The first-order valence-corrected chi connectivity index (χ1v) is 7.02. The van der Waals surface area contributed by atoms with Crippen LogP contribution in [0.5, 0.6) is 0 Å². The Morgan fingerprint density at radius 2 is 1.70 bits per heavy atom. The Bertz CT molecular complexity index is 350. The Labute approximate surface area is 118 Å². The zero-order valence-electron chi connectivity index (χ0n) is 12.0. The maximum Gasteiger partial charge on any atom is 0.309 e. The molecule has 6 heteroatoms. The second kappa shape index (κ2) is 7.04. The molecular formula is C14H22O6. The second-order valence-corrected chi connectivity index (χ2v) is 5.32. The number of rotatable bonds is 3. The van der Waals surface area contributed by atoms with E-state index in [0.29, 0.717) is 32.7 Å². The minimum atomic E-state index is -0.447. The first-order valence-electron chi connectivity index (χ1n) is 7.02. The molecule has 2 aliphatic rings. The largest absolute Gasteiger partial charge is 0.469 e. The summed E-state index contributed by atoms with van der Waals surface area (Å²) in [5.74, 6) is -1.31. The lowest BCUT2D eigenvalue weighted by Gasteiger charge is -2.38. The van der Waals surface area contributed by atoms with E-state index >= 15 is 0 Å². The highest BCUT2D eigenvalue weighted by Crippen LogP contribution is 2.38. The van der Waals surface area contributed by atoms with Crippen LogP contribution >= 0.6 is 0 Å². The molecule has 6 nitrogen and oxygen atoms in total. The second-order valence-electron chi connectivity index (χ2n) is 5.32. The van der Waals surface area contributed by atoms with E-state index in [-0.39, 0.29) is 24.0 Å². The van der Waals surface area contributed by atoms with Gasteiger partial charge < -0.3 is 18.9 Å². The molecule has 0 radical (unpaired) electrons. The van der Waals surface area contributed by atoms with Crippen LogP contribution in [0.4, 0.5) is 0 Å². The molecule has 0 aromatic heterocycles. The number of esters is 2. The Morgan fingerprint density at radius 1 is 1.00 bits per heavy atom. The summed E-state index contributed by atoms with van der Waals surface area (Å²) in [5, 5.41) is 0. The predicted molar refractivity (Wildman–Crippen MR) is 68.9 cm³/mol. The molecular weight excluding hydrogens is 264 g/mol. The van der Waals surface area contributed by atoms with Crippen molar-refractivity contribution >= 4 is 11.9 Å². The van der Waals surface area contributed by atoms with Crippen molar-refractivity contribution in [2.24, 2.45) is 17.8 Å². The lowest BCUT2D eigenvalue weighted by molar-refractivity contribution is -0.165. The van der Waals surface area contributed by atoms with E-state index in [9.17, 15) is 9.59 Å². The zero-order chi connectivity index (χ0) is 14.5. The van der Waals surface area contributed by atoms with Gasteiger partial charge in [-0.1, -0.05) is 0 Å². The van der Waals surface area contributed by atoms with E-state index in [1.54, 1.807) is 0 Å². The van der Waals surface area contributed by atoms with Gasteiger partial charge in [-0.05, 0) is 25.2 Å². The Hall–Kier alpha value is -1.14. The molecule has 4 atom stereocenters. The summed E-state index contributed by atoms with van der Waals surface area (Å²) in [7, 11) is 2.70. The van der Waals surface area contributed by atoms with Crippen LogP contribution < -0.4 is 0 Å². The first kappa shape index (κ1) is 15.3. The number of hydrogen-bond donors (Lipinski definition) is 0. The van der Waals surface area contributed by atoms with Crippen LogP contribution in [0, 0.1) is 17.8 Å². The summed E-state index contributed by atoms with van der Waals surface area (Å²) in [6, 6.07) is 0. The molecule has 0 amide bonds. The predicted octanol–water partition coefficient (Wildman–Crippen LogP) is 0.780. The SMILES string of the molecule is COC(=O)C1CCC(C2COCCO2)CC1C(=O)OC. The molecule has 114 valence electrons. The van der Waals surface area contributed by atoms with Gasteiger partial charge in [-0.25, -0.2) is 0 Å². The van der Waals surface area contributed by atoms with Crippen molar-refractivity contribution in [3.8, 4) is 0 Å². The topological polar surface area (TPSA) is 71.1 Å². The third-order valence-electron chi connectivity index (χ3n) is 4.27. The Balaban J connectivity index is 2.04. The van der Waals surface area contributed by atoms with E-state index in [1.807, 2.05) is 0 Å². The fourth-order valence-electron chi connectivity index (χ4n) is 3.16. The maximum atomic E-state index is 11.9. The molecule has 0 spiro atoms. The molecule has 1 saturated carbocycles. The normalized spacial score (nSPS) is 34.3. The smallest absolute Gasteiger partial charge is 0.309 e. The third-order valence-corrected chi connectivity index (χ3v) is 4.27. The molecule has 0 N–H and O–H groups in total. The van der Waals surface area contributed by atoms with Gasteiger partial charge >= 0.3 is 11.9 Å². The molecule has 0 aromatic carbocycles. The third kappa shape index (κ3) is 3.30. The van der Waals surface area contributed by atoms with Crippen LogP contribution in [0.15, 0.2) is 0 Å². The van der Waals surface area contributed by atoms with E-state index in [0.717, 1.165) is 6.42 Å². The molecule has 1 saturated heterocycles. The molecule has 2 rings (SSSR count). The monoisotopic (exact) mass is 286 g/mol. The minimum Gasteiger partial charge on any atom is -0.469 e. The van der Waals surface area contributed by atoms with Gasteiger partial charge in [0.15, 0.2) is 0 Å². The summed E-state index contributed by atoms with van der Waals surface area (Å²) in [6.45, 7) is 1.76. The van der Waals surface area contributed by atoms with Crippen molar-refractivity contribution in [2.45, 2.75) is 25.4 Å². The summed E-state index contributed by atoms with van der Waals surface area (Å²) in [5.41, 5.74) is 0. The van der Waals surface area contributed by atoms with E-state index in [1.165, 1.54) is 14.2 Å². The highest BCUT2D eigenvalue weighted by atomic mass is 16.6. The molecule has 4 unspecified atom stereocenters. The van der Waals surface area contributed by atoms with E-state index < -0.39 is 11.8 Å². The van der Waals surface area contributed by atoms with Crippen LogP contribution in [-0.2, 0) is 28.5 Å². The molecule has 1 aliphatic heterocycles. The highest BCUT2D eigenvalue weighted by Gasteiger charge is 2.43. The van der Waals surface area contributed by atoms with Crippen LogP contribution in [0.25, 0.3) is 0 Å². The average molecular weight is 286 g/mol. The quantitative estimate of drug-likeness (QED) is 0.714. The minimum absolute atomic E-state index is 0.00880. The van der Waals surface area contributed by atoms with Gasteiger partial charge in [-0.15, -0.1) is 0 Å². The zero-order valence-corrected chi connectivity index (χ0v) is 12.0. The van der Waals surface area contributed by atoms with E-state index in [4.69, 9.17) is 18.9 Å². The Morgan fingerprint density at radius 3 is 2.30 bits per heavy atom. The van der Waals surface area contributed by atoms with Gasteiger partial charge in [0.1, 0.15) is 0 Å². The highest BCUT2D eigenvalue weighted by molar-refractivity contribution is 5.82. The van der Waals surface area contributed by atoms with Crippen LogP contribution in [0.1, 0.15) is 19.3 Å². The van der Waals surface area contributed by atoms with Crippen molar-refractivity contribution < 1.29 is 28.5 Å².